The summed E-state index contributed by atoms with van der Waals surface area (Å²) in [4.78, 5) is 0. The molecule has 0 aromatic rings. The van der Waals surface area contributed by atoms with Crippen molar-refractivity contribution >= 4 is 0 Å². The zero-order valence-electron chi connectivity index (χ0n) is 11.0. The van der Waals surface area contributed by atoms with E-state index in [9.17, 15) is 5.11 Å². The Labute approximate surface area is 103 Å². The van der Waals surface area contributed by atoms with Crippen molar-refractivity contribution in [2.45, 2.75) is 69.3 Å². The van der Waals surface area contributed by atoms with Gasteiger partial charge in [0.15, 0.2) is 5.79 Å². The lowest BCUT2D eigenvalue weighted by atomic mass is 9.67. The second kappa shape index (κ2) is 4.50. The molecule has 0 aromatic carbocycles. The maximum atomic E-state index is 10.8. The maximum Gasteiger partial charge on any atom is 0.168 e. The molecule has 2 fully saturated rings. The van der Waals surface area contributed by atoms with Gasteiger partial charge in [0.1, 0.15) is 0 Å². The van der Waals surface area contributed by atoms with E-state index in [1.807, 2.05) is 0 Å². The Morgan fingerprint density at radius 2 is 1.53 bits per heavy atom. The van der Waals surface area contributed by atoms with E-state index in [1.165, 1.54) is 0 Å². The lowest BCUT2D eigenvalue weighted by Gasteiger charge is -2.49. The highest BCUT2D eigenvalue weighted by Crippen LogP contribution is 2.45. The second-order valence-corrected chi connectivity index (χ2v) is 5.50. The summed E-state index contributed by atoms with van der Waals surface area (Å²) in [6.45, 7) is 5.45. The van der Waals surface area contributed by atoms with E-state index in [4.69, 9.17) is 15.2 Å². The summed E-state index contributed by atoms with van der Waals surface area (Å²) < 4.78 is 11.4. The van der Waals surface area contributed by atoms with Crippen LogP contribution in [-0.2, 0) is 9.47 Å². The van der Waals surface area contributed by atoms with Crippen molar-refractivity contribution in [3.05, 3.63) is 0 Å². The van der Waals surface area contributed by atoms with E-state index >= 15 is 0 Å². The van der Waals surface area contributed by atoms with Crippen LogP contribution in [0.5, 0.6) is 0 Å². The minimum Gasteiger partial charge on any atom is -0.388 e. The zero-order chi connectivity index (χ0) is 12.6. The number of rotatable bonds is 3. The fourth-order valence-corrected chi connectivity index (χ4v) is 3.24. The van der Waals surface area contributed by atoms with Gasteiger partial charge in [-0.05, 0) is 25.7 Å². The topological polar surface area (TPSA) is 64.7 Å². The first-order chi connectivity index (χ1) is 7.99. The second-order valence-electron chi connectivity index (χ2n) is 5.50. The molecule has 1 aliphatic heterocycles. The zero-order valence-corrected chi connectivity index (χ0v) is 11.0. The molecular formula is C13H25NO3. The quantitative estimate of drug-likeness (QED) is 0.789. The van der Waals surface area contributed by atoms with Crippen LogP contribution < -0.4 is 5.73 Å². The number of hydrogen-bond acceptors (Lipinski definition) is 4. The van der Waals surface area contributed by atoms with E-state index in [0.29, 0.717) is 26.1 Å². The van der Waals surface area contributed by atoms with Crippen LogP contribution in [-0.4, -0.2) is 35.2 Å². The van der Waals surface area contributed by atoms with Crippen LogP contribution in [0.2, 0.25) is 0 Å². The summed E-state index contributed by atoms with van der Waals surface area (Å²) in [5.74, 6) is -0.422. The minimum absolute atomic E-state index is 0.422. The van der Waals surface area contributed by atoms with Gasteiger partial charge in [-0.2, -0.15) is 0 Å². The first-order valence-corrected chi connectivity index (χ1v) is 6.78. The molecule has 2 aliphatic rings. The van der Waals surface area contributed by atoms with Crippen LogP contribution in [0.4, 0.5) is 0 Å². The smallest absolute Gasteiger partial charge is 0.168 e. The van der Waals surface area contributed by atoms with Crippen molar-refractivity contribution in [2.24, 2.45) is 5.73 Å². The van der Waals surface area contributed by atoms with Crippen LogP contribution in [0, 0.1) is 0 Å². The maximum absolute atomic E-state index is 10.8. The third kappa shape index (κ3) is 2.12. The van der Waals surface area contributed by atoms with Crippen molar-refractivity contribution in [1.82, 2.24) is 0 Å². The van der Waals surface area contributed by atoms with E-state index in [1.54, 1.807) is 0 Å². The highest BCUT2D eigenvalue weighted by molar-refractivity contribution is 5.06. The van der Waals surface area contributed by atoms with E-state index in [0.717, 1.165) is 25.7 Å². The van der Waals surface area contributed by atoms with Crippen molar-refractivity contribution < 1.29 is 14.6 Å². The van der Waals surface area contributed by atoms with Gasteiger partial charge >= 0.3 is 0 Å². The summed E-state index contributed by atoms with van der Waals surface area (Å²) in [6, 6.07) is 0. The molecular weight excluding hydrogens is 218 g/mol. The molecule has 3 N–H and O–H groups in total. The van der Waals surface area contributed by atoms with Gasteiger partial charge in [-0.15, -0.1) is 0 Å². The molecule has 0 unspecified atom stereocenters. The van der Waals surface area contributed by atoms with Crippen molar-refractivity contribution in [3.8, 4) is 0 Å². The lowest BCUT2D eigenvalue weighted by molar-refractivity contribution is -0.213. The monoisotopic (exact) mass is 243 g/mol. The average Bonchev–Trinajstić information content (AvgIpc) is 2.81. The molecule has 1 spiro atoms. The molecule has 1 saturated heterocycles. The minimum atomic E-state index is -0.767. The first-order valence-electron chi connectivity index (χ1n) is 6.78. The fraction of sp³-hybridized carbons (Fsp3) is 1.00. The Balaban J connectivity index is 2.06. The van der Waals surface area contributed by atoms with Gasteiger partial charge in [0.25, 0.3) is 0 Å². The summed E-state index contributed by atoms with van der Waals surface area (Å²) in [7, 11) is 0. The molecule has 4 heteroatoms. The fourth-order valence-electron chi connectivity index (χ4n) is 3.24. The number of aliphatic hydroxyl groups is 1. The molecule has 1 aliphatic carbocycles. The Morgan fingerprint density at radius 3 is 1.94 bits per heavy atom. The Kier molecular flexibility index (Phi) is 3.51. The lowest BCUT2D eigenvalue weighted by Crippen LogP contribution is -2.62. The highest BCUT2D eigenvalue weighted by Gasteiger charge is 2.52. The van der Waals surface area contributed by atoms with Gasteiger partial charge in [0.05, 0.1) is 18.8 Å². The summed E-state index contributed by atoms with van der Waals surface area (Å²) >= 11 is 0. The molecule has 0 amide bonds. The largest absolute Gasteiger partial charge is 0.388 e. The van der Waals surface area contributed by atoms with Gasteiger partial charge < -0.3 is 20.3 Å². The number of ether oxygens (including phenoxy) is 2. The molecule has 0 aromatic heterocycles. The van der Waals surface area contributed by atoms with Gasteiger partial charge in [0, 0.05) is 18.4 Å². The van der Waals surface area contributed by atoms with E-state index in [2.05, 4.69) is 13.8 Å². The molecule has 0 radical (unpaired) electrons. The standard InChI is InChI=1S/C13H25NO3/c1-3-11(14,4-2)12(15)5-7-13(8-6-12)16-9-10-17-13/h15H,3-10,14H2,1-2H3. The van der Waals surface area contributed by atoms with Crippen LogP contribution in [0.3, 0.4) is 0 Å². The molecule has 0 bridgehead atoms. The molecule has 4 nitrogen and oxygen atoms in total. The van der Waals surface area contributed by atoms with Crippen molar-refractivity contribution in [3.63, 3.8) is 0 Å². The highest BCUT2D eigenvalue weighted by atomic mass is 16.7. The summed E-state index contributed by atoms with van der Waals surface area (Å²) in [5, 5.41) is 10.8. The molecule has 100 valence electrons. The Morgan fingerprint density at radius 1 is 1.06 bits per heavy atom. The first kappa shape index (κ1) is 13.3. The third-order valence-corrected chi connectivity index (χ3v) is 4.84. The van der Waals surface area contributed by atoms with E-state index in [-0.39, 0.29) is 0 Å². The van der Waals surface area contributed by atoms with Crippen LogP contribution in [0.15, 0.2) is 0 Å². The number of nitrogens with two attached hydrogens (primary N) is 1. The van der Waals surface area contributed by atoms with Crippen LogP contribution >= 0.6 is 0 Å². The van der Waals surface area contributed by atoms with Crippen molar-refractivity contribution in [1.29, 1.82) is 0 Å². The normalized spacial score (nSPS) is 27.5. The SMILES string of the molecule is CCC(N)(CC)C1(O)CCC2(CC1)OCCO2. The van der Waals surface area contributed by atoms with Crippen molar-refractivity contribution in [2.75, 3.05) is 13.2 Å². The molecule has 2 rings (SSSR count). The predicted molar refractivity (Wildman–Crippen MR) is 65.6 cm³/mol. The van der Waals surface area contributed by atoms with Crippen LogP contribution in [0.1, 0.15) is 52.4 Å². The van der Waals surface area contributed by atoms with Crippen LogP contribution in [0.25, 0.3) is 0 Å². The van der Waals surface area contributed by atoms with Gasteiger partial charge in [0.2, 0.25) is 0 Å². The molecule has 17 heavy (non-hydrogen) atoms. The van der Waals surface area contributed by atoms with Gasteiger partial charge in [-0.25, -0.2) is 0 Å². The Hall–Kier alpha value is -0.160. The van der Waals surface area contributed by atoms with Gasteiger partial charge in [-0.3, -0.25) is 0 Å². The predicted octanol–water partition coefficient (Wildman–Crippen LogP) is 1.55. The summed E-state index contributed by atoms with van der Waals surface area (Å²) in [5.41, 5.74) is 5.12. The molecule has 0 atom stereocenters. The summed E-state index contributed by atoms with van der Waals surface area (Å²) in [6.07, 6.45) is 4.45. The number of hydrogen-bond donors (Lipinski definition) is 2. The molecule has 1 heterocycles. The average molecular weight is 243 g/mol. The Bertz CT molecular complexity index is 260. The van der Waals surface area contributed by atoms with Gasteiger partial charge in [-0.1, -0.05) is 13.8 Å². The van der Waals surface area contributed by atoms with E-state index < -0.39 is 16.9 Å². The third-order valence-electron chi connectivity index (χ3n) is 4.84. The molecule has 1 saturated carbocycles.